The van der Waals surface area contributed by atoms with Crippen molar-refractivity contribution in [3.63, 3.8) is 0 Å². The Morgan fingerprint density at radius 3 is 2.50 bits per heavy atom. The van der Waals surface area contributed by atoms with Crippen LogP contribution >= 0.6 is 15.9 Å². The number of benzene rings is 1. The van der Waals surface area contributed by atoms with E-state index >= 15 is 0 Å². The van der Waals surface area contributed by atoms with Gasteiger partial charge in [-0.25, -0.2) is 0 Å². The van der Waals surface area contributed by atoms with E-state index < -0.39 is 0 Å². The van der Waals surface area contributed by atoms with Crippen molar-refractivity contribution in [1.82, 2.24) is 0 Å². The Bertz CT molecular complexity index is 484. The highest BCUT2D eigenvalue weighted by atomic mass is 79.9. The van der Waals surface area contributed by atoms with Crippen molar-refractivity contribution >= 4 is 21.7 Å². The summed E-state index contributed by atoms with van der Waals surface area (Å²) in [6, 6.07) is 5.93. The van der Waals surface area contributed by atoms with E-state index in [9.17, 15) is 4.79 Å². The molecule has 0 radical (unpaired) electrons. The molecule has 0 amide bonds. The predicted molar refractivity (Wildman–Crippen MR) is 86.1 cm³/mol. The molecular formula is C17H23BrO2. The first-order valence-electron chi connectivity index (χ1n) is 7.27. The Labute approximate surface area is 130 Å². The molecule has 0 heterocycles. The molecule has 1 saturated carbocycles. The smallest absolute Gasteiger partial charge is 0.173 e. The minimum atomic E-state index is 0.0111. The second-order valence-electron chi connectivity index (χ2n) is 6.66. The summed E-state index contributed by atoms with van der Waals surface area (Å²) in [5, 5.41) is 0.350. The Balaban J connectivity index is 2.22. The Morgan fingerprint density at radius 1 is 1.30 bits per heavy atom. The lowest BCUT2D eigenvalue weighted by molar-refractivity contribution is 0.102. The van der Waals surface area contributed by atoms with Gasteiger partial charge in [0, 0.05) is 5.56 Å². The molecule has 1 fully saturated rings. The molecule has 1 aliphatic carbocycles. The van der Waals surface area contributed by atoms with Crippen LogP contribution in [0.1, 0.15) is 56.0 Å². The first kappa shape index (κ1) is 15.6. The average molecular weight is 339 g/mol. The summed E-state index contributed by atoms with van der Waals surface area (Å²) in [6.45, 7) is 7.23. The van der Waals surface area contributed by atoms with Gasteiger partial charge in [0.2, 0.25) is 0 Å². The SMILES string of the molecule is CC(C)(C)c1cc(OCC2CCC2)cc(C(=O)CBr)c1. The number of halogens is 1. The van der Waals surface area contributed by atoms with Gasteiger partial charge in [0.15, 0.2) is 5.78 Å². The van der Waals surface area contributed by atoms with Crippen LogP contribution in [0.4, 0.5) is 0 Å². The summed E-state index contributed by atoms with van der Waals surface area (Å²) in [5.41, 5.74) is 1.89. The van der Waals surface area contributed by atoms with Gasteiger partial charge in [-0.3, -0.25) is 4.79 Å². The molecule has 1 aliphatic rings. The zero-order valence-electron chi connectivity index (χ0n) is 12.5. The van der Waals surface area contributed by atoms with E-state index in [-0.39, 0.29) is 11.2 Å². The molecule has 0 unspecified atom stereocenters. The fourth-order valence-electron chi connectivity index (χ4n) is 2.23. The Hall–Kier alpha value is -0.830. The normalized spacial score (nSPS) is 15.8. The summed E-state index contributed by atoms with van der Waals surface area (Å²) in [5.74, 6) is 1.63. The Kier molecular flexibility index (Phi) is 4.90. The number of carbonyl (C=O) groups is 1. The lowest BCUT2D eigenvalue weighted by Gasteiger charge is -2.26. The van der Waals surface area contributed by atoms with Gasteiger partial charge in [-0.1, -0.05) is 43.1 Å². The number of rotatable bonds is 5. The van der Waals surface area contributed by atoms with Gasteiger partial charge in [-0.05, 0) is 47.9 Å². The maximum absolute atomic E-state index is 11.9. The van der Waals surface area contributed by atoms with Gasteiger partial charge in [-0.15, -0.1) is 0 Å². The molecule has 1 aromatic carbocycles. The van der Waals surface area contributed by atoms with Crippen LogP contribution in [0.25, 0.3) is 0 Å². The van der Waals surface area contributed by atoms with E-state index in [4.69, 9.17) is 4.74 Å². The number of hydrogen-bond acceptors (Lipinski definition) is 2. The van der Waals surface area contributed by atoms with Gasteiger partial charge in [0.05, 0.1) is 11.9 Å². The third kappa shape index (κ3) is 3.85. The molecule has 0 spiro atoms. The largest absolute Gasteiger partial charge is 0.493 e. The molecule has 3 heteroatoms. The van der Waals surface area contributed by atoms with E-state index in [1.807, 2.05) is 12.1 Å². The summed E-state index contributed by atoms with van der Waals surface area (Å²) >= 11 is 3.24. The highest BCUT2D eigenvalue weighted by Crippen LogP contribution is 2.30. The second kappa shape index (κ2) is 6.30. The minimum absolute atomic E-state index is 0.0111. The lowest BCUT2D eigenvalue weighted by Crippen LogP contribution is -2.20. The van der Waals surface area contributed by atoms with E-state index in [1.165, 1.54) is 19.3 Å². The van der Waals surface area contributed by atoms with Gasteiger partial charge in [0.1, 0.15) is 5.75 Å². The lowest BCUT2D eigenvalue weighted by atomic mass is 9.85. The molecule has 0 saturated heterocycles. The number of ether oxygens (including phenoxy) is 1. The molecule has 0 atom stereocenters. The van der Waals surface area contributed by atoms with Gasteiger partial charge < -0.3 is 4.74 Å². The summed E-state index contributed by atoms with van der Waals surface area (Å²) < 4.78 is 5.91. The van der Waals surface area contributed by atoms with Crippen LogP contribution in [0.15, 0.2) is 18.2 Å². The third-order valence-corrected chi connectivity index (χ3v) is 4.44. The van der Waals surface area contributed by atoms with Crippen LogP contribution in [0.3, 0.4) is 0 Å². The summed E-state index contributed by atoms with van der Waals surface area (Å²) in [6.07, 6.45) is 3.86. The van der Waals surface area contributed by atoms with Crippen molar-refractivity contribution in [1.29, 1.82) is 0 Å². The topological polar surface area (TPSA) is 26.3 Å². The van der Waals surface area contributed by atoms with Crippen molar-refractivity contribution in [2.45, 2.75) is 45.4 Å². The average Bonchev–Trinajstić information content (AvgIpc) is 2.34. The van der Waals surface area contributed by atoms with Crippen molar-refractivity contribution in [2.75, 3.05) is 11.9 Å². The second-order valence-corrected chi connectivity index (χ2v) is 7.22. The van der Waals surface area contributed by atoms with Crippen LogP contribution in [0.2, 0.25) is 0 Å². The maximum Gasteiger partial charge on any atom is 0.173 e. The fraction of sp³-hybridized carbons (Fsp3) is 0.588. The first-order valence-corrected chi connectivity index (χ1v) is 8.40. The highest BCUT2D eigenvalue weighted by molar-refractivity contribution is 9.09. The van der Waals surface area contributed by atoms with E-state index in [0.717, 1.165) is 23.5 Å². The number of Topliss-reactive ketones (excluding diaryl/α,β-unsaturated/α-hetero) is 1. The van der Waals surface area contributed by atoms with Crippen LogP contribution in [0, 0.1) is 5.92 Å². The van der Waals surface area contributed by atoms with Gasteiger partial charge in [-0.2, -0.15) is 0 Å². The zero-order valence-corrected chi connectivity index (χ0v) is 14.1. The van der Waals surface area contributed by atoms with Crippen molar-refractivity contribution in [2.24, 2.45) is 5.92 Å². The van der Waals surface area contributed by atoms with Crippen LogP contribution in [-0.4, -0.2) is 17.7 Å². The molecule has 0 bridgehead atoms. The van der Waals surface area contributed by atoms with Crippen LogP contribution in [0.5, 0.6) is 5.75 Å². The standard InChI is InChI=1S/C17H23BrO2/c1-17(2,3)14-7-13(16(19)10-18)8-15(9-14)20-11-12-5-4-6-12/h7-9,12H,4-6,10-11H2,1-3H3. The van der Waals surface area contributed by atoms with Crippen molar-refractivity contribution < 1.29 is 9.53 Å². The number of ketones is 1. The molecule has 1 aromatic rings. The maximum atomic E-state index is 11.9. The van der Waals surface area contributed by atoms with Crippen LogP contribution in [-0.2, 0) is 5.41 Å². The predicted octanol–water partition coefficient (Wildman–Crippen LogP) is 4.74. The quantitative estimate of drug-likeness (QED) is 0.572. The first-order chi connectivity index (χ1) is 9.40. The molecule has 0 aliphatic heterocycles. The number of carbonyl (C=O) groups excluding carboxylic acids is 1. The molecule has 20 heavy (non-hydrogen) atoms. The van der Waals surface area contributed by atoms with E-state index in [1.54, 1.807) is 0 Å². The molecule has 2 rings (SSSR count). The monoisotopic (exact) mass is 338 g/mol. The molecular weight excluding hydrogens is 316 g/mol. The summed E-state index contributed by atoms with van der Waals surface area (Å²) in [7, 11) is 0. The van der Waals surface area contributed by atoms with E-state index in [0.29, 0.717) is 11.2 Å². The van der Waals surface area contributed by atoms with Crippen molar-refractivity contribution in [3.05, 3.63) is 29.3 Å². The van der Waals surface area contributed by atoms with Crippen molar-refractivity contribution in [3.8, 4) is 5.75 Å². The number of hydrogen-bond donors (Lipinski definition) is 0. The molecule has 110 valence electrons. The zero-order chi connectivity index (χ0) is 14.8. The minimum Gasteiger partial charge on any atom is -0.493 e. The van der Waals surface area contributed by atoms with Gasteiger partial charge >= 0.3 is 0 Å². The fourth-order valence-corrected chi connectivity index (χ4v) is 2.55. The third-order valence-electron chi connectivity index (χ3n) is 3.93. The Morgan fingerprint density at radius 2 is 2.00 bits per heavy atom. The molecule has 0 N–H and O–H groups in total. The summed E-state index contributed by atoms with van der Waals surface area (Å²) in [4.78, 5) is 11.9. The van der Waals surface area contributed by atoms with Gasteiger partial charge in [0.25, 0.3) is 0 Å². The molecule has 2 nitrogen and oxygen atoms in total. The van der Waals surface area contributed by atoms with E-state index in [2.05, 4.69) is 42.8 Å². The highest BCUT2D eigenvalue weighted by Gasteiger charge is 2.20. The molecule has 0 aromatic heterocycles. The number of alkyl halides is 1. The van der Waals surface area contributed by atoms with Crippen LogP contribution < -0.4 is 4.74 Å².